The molecule has 0 spiro atoms. The number of hydrogen-bond acceptors (Lipinski definition) is 9. The number of rotatable bonds is 8. The molecule has 4 aromatic rings. The number of benzene rings is 2. The predicted octanol–water partition coefficient (Wildman–Crippen LogP) is 7.74. The summed E-state index contributed by atoms with van der Waals surface area (Å²) in [6.45, 7) is 8.53. The topological polar surface area (TPSA) is 132 Å². The Kier molecular flexibility index (Phi) is 10.1. The van der Waals surface area contributed by atoms with Crippen molar-refractivity contribution in [1.82, 2.24) is 19.9 Å². The number of anilines is 3. The van der Waals surface area contributed by atoms with E-state index in [0.29, 0.717) is 43.8 Å². The summed E-state index contributed by atoms with van der Waals surface area (Å²) in [6.07, 6.45) is 6.64. The second-order valence-corrected chi connectivity index (χ2v) is 13.4. The van der Waals surface area contributed by atoms with Crippen LogP contribution in [0.2, 0.25) is 15.2 Å². The van der Waals surface area contributed by atoms with Crippen molar-refractivity contribution in [1.29, 1.82) is 5.26 Å². The largest absolute Gasteiger partial charge is 0.399 e. The highest BCUT2D eigenvalue weighted by molar-refractivity contribution is 6.36. The van der Waals surface area contributed by atoms with Crippen molar-refractivity contribution in [3.8, 4) is 6.07 Å². The van der Waals surface area contributed by atoms with E-state index in [-0.39, 0.29) is 22.2 Å². The molecule has 0 amide bonds. The van der Waals surface area contributed by atoms with Gasteiger partial charge in [0, 0.05) is 60.0 Å². The zero-order valence-electron chi connectivity index (χ0n) is 25.7. The first-order valence-corrected chi connectivity index (χ1v) is 15.8. The first kappa shape index (κ1) is 33.5. The number of hydrogen-bond donors (Lipinski definition) is 4. The summed E-state index contributed by atoms with van der Waals surface area (Å²) in [6, 6.07) is 13.0. The van der Waals surface area contributed by atoms with Gasteiger partial charge in [-0.1, -0.05) is 40.9 Å². The lowest BCUT2D eigenvalue weighted by molar-refractivity contribution is 0.0713. The Morgan fingerprint density at radius 3 is 2.41 bits per heavy atom. The molecule has 1 fully saturated rings. The van der Waals surface area contributed by atoms with Crippen LogP contribution >= 0.6 is 34.8 Å². The fourth-order valence-electron chi connectivity index (χ4n) is 5.55. The minimum atomic E-state index is -0.571. The zero-order chi connectivity index (χ0) is 33.2. The van der Waals surface area contributed by atoms with E-state index >= 15 is 0 Å². The molecule has 0 saturated carbocycles. The molecule has 6 N–H and O–H groups in total. The van der Waals surface area contributed by atoms with E-state index in [9.17, 15) is 9.65 Å². The number of likely N-dealkylation sites (tertiary alicyclic amines) is 1. The molecule has 1 atom stereocenters. The molecule has 1 aliphatic rings. The van der Waals surface area contributed by atoms with Crippen LogP contribution in [0.1, 0.15) is 50.8 Å². The van der Waals surface area contributed by atoms with Crippen molar-refractivity contribution >= 4 is 62.8 Å². The number of halogens is 4. The minimum absolute atomic E-state index is 0.0577. The normalized spacial score (nSPS) is 15.4. The summed E-state index contributed by atoms with van der Waals surface area (Å²) in [5.74, 6) is 6.02. The fourth-order valence-corrected chi connectivity index (χ4v) is 6.11. The van der Waals surface area contributed by atoms with E-state index in [0.717, 1.165) is 31.5 Å². The standard InChI is InChI=1S/C33H35Cl3FN9/c1-33(2,3)45-10-8-23(9-11-45)46(40)18-28(39)31(19-4-7-29(36)41-16-19)44-22-12-24-30(43-21-5-6-27(37)25(34)13-21)20(15-38)17-42-32(24)26(35)14-22/h4-7,12-14,16-18,23,31,44H,8-11,39-40H2,1-3H3,(H,42,43)/b28-18-/t31-/m0/s1. The van der Waals surface area contributed by atoms with Gasteiger partial charge in [0.05, 0.1) is 38.6 Å². The highest BCUT2D eigenvalue weighted by Crippen LogP contribution is 2.37. The third-order valence-corrected chi connectivity index (χ3v) is 8.90. The first-order chi connectivity index (χ1) is 21.8. The van der Waals surface area contributed by atoms with Crippen LogP contribution in [0.25, 0.3) is 10.9 Å². The Morgan fingerprint density at radius 1 is 1.07 bits per heavy atom. The quantitative estimate of drug-likeness (QED) is 0.0837. The summed E-state index contributed by atoms with van der Waals surface area (Å²) < 4.78 is 13.8. The molecule has 0 radical (unpaired) electrons. The van der Waals surface area contributed by atoms with Gasteiger partial charge in [-0.2, -0.15) is 5.26 Å². The Labute approximate surface area is 282 Å². The summed E-state index contributed by atoms with van der Waals surface area (Å²) in [4.78, 5) is 11.1. The number of fused-ring (bicyclic) bond motifs is 1. The Hall–Kier alpha value is -3.85. The van der Waals surface area contributed by atoms with Gasteiger partial charge in [0.2, 0.25) is 0 Å². The lowest BCUT2D eigenvalue weighted by Gasteiger charge is -2.42. The zero-order valence-corrected chi connectivity index (χ0v) is 27.9. The van der Waals surface area contributed by atoms with Crippen LogP contribution in [0.3, 0.4) is 0 Å². The fraction of sp³-hybridized carbons (Fsp3) is 0.303. The van der Waals surface area contributed by atoms with E-state index in [1.165, 1.54) is 24.4 Å². The van der Waals surface area contributed by atoms with Crippen LogP contribution < -0.4 is 22.2 Å². The summed E-state index contributed by atoms with van der Waals surface area (Å²) in [7, 11) is 0. The van der Waals surface area contributed by atoms with Crippen LogP contribution in [0, 0.1) is 17.1 Å². The van der Waals surface area contributed by atoms with Crippen LogP contribution in [0.15, 0.2) is 66.8 Å². The number of nitriles is 1. The number of nitrogens with two attached hydrogens (primary N) is 2. The van der Waals surface area contributed by atoms with Gasteiger partial charge in [0.25, 0.3) is 0 Å². The number of aromatic nitrogens is 2. The average Bonchev–Trinajstić information content (AvgIpc) is 3.02. The summed E-state index contributed by atoms with van der Waals surface area (Å²) >= 11 is 18.9. The molecule has 2 aromatic carbocycles. The number of nitrogens with one attached hydrogen (secondary N) is 2. The molecule has 1 saturated heterocycles. The SMILES string of the molecule is CC(C)(C)N1CCC(N(N)/C=C(\N)[C@@H](Nc2cc(Cl)c3ncc(C#N)c(Nc4ccc(F)c(Cl)c4)c3c2)c2ccc(Cl)nc2)CC1. The van der Waals surface area contributed by atoms with Gasteiger partial charge in [-0.05, 0) is 75.6 Å². The molecule has 5 rings (SSSR count). The van der Waals surface area contributed by atoms with Gasteiger partial charge in [-0.25, -0.2) is 15.2 Å². The maximum Gasteiger partial charge on any atom is 0.141 e. The Bertz CT molecular complexity index is 1790. The van der Waals surface area contributed by atoms with Gasteiger partial charge in [-0.15, -0.1) is 0 Å². The molecule has 46 heavy (non-hydrogen) atoms. The molecule has 0 bridgehead atoms. The minimum Gasteiger partial charge on any atom is -0.399 e. The molecule has 3 heterocycles. The summed E-state index contributed by atoms with van der Waals surface area (Å²) in [5, 5.41) is 19.4. The monoisotopic (exact) mass is 681 g/mol. The molecular weight excluding hydrogens is 648 g/mol. The molecule has 2 aromatic heterocycles. The maximum absolute atomic E-state index is 13.8. The first-order valence-electron chi connectivity index (χ1n) is 14.7. The molecule has 0 unspecified atom stereocenters. The highest BCUT2D eigenvalue weighted by atomic mass is 35.5. The smallest absolute Gasteiger partial charge is 0.141 e. The van der Waals surface area contributed by atoms with Crippen LogP contribution in [-0.2, 0) is 0 Å². The van der Waals surface area contributed by atoms with Crippen LogP contribution in [0.5, 0.6) is 0 Å². The molecule has 9 nitrogen and oxygen atoms in total. The second-order valence-electron chi connectivity index (χ2n) is 12.2. The molecular formula is C33H35Cl3FN9. The van der Waals surface area contributed by atoms with Gasteiger partial charge in [-0.3, -0.25) is 9.88 Å². The average molecular weight is 683 g/mol. The van der Waals surface area contributed by atoms with E-state index in [2.05, 4.69) is 52.3 Å². The van der Waals surface area contributed by atoms with Crippen molar-refractivity contribution in [3.63, 3.8) is 0 Å². The van der Waals surface area contributed by atoms with E-state index in [1.807, 2.05) is 12.1 Å². The van der Waals surface area contributed by atoms with Gasteiger partial charge >= 0.3 is 0 Å². The van der Waals surface area contributed by atoms with Crippen molar-refractivity contribution in [2.45, 2.75) is 51.2 Å². The third-order valence-electron chi connectivity index (χ3n) is 8.10. The predicted molar refractivity (Wildman–Crippen MR) is 184 cm³/mol. The second kappa shape index (κ2) is 13.9. The lowest BCUT2D eigenvalue weighted by Crippen LogP contribution is -2.51. The molecule has 240 valence electrons. The van der Waals surface area contributed by atoms with Crippen molar-refractivity contribution in [3.05, 3.63) is 98.9 Å². The van der Waals surface area contributed by atoms with Crippen LogP contribution in [0.4, 0.5) is 21.5 Å². The van der Waals surface area contributed by atoms with Crippen molar-refractivity contribution < 1.29 is 4.39 Å². The molecule has 0 aliphatic carbocycles. The maximum atomic E-state index is 13.8. The molecule has 1 aliphatic heterocycles. The van der Waals surface area contributed by atoms with E-state index < -0.39 is 11.9 Å². The number of hydrazine groups is 1. The van der Waals surface area contributed by atoms with Gasteiger partial charge in [0.15, 0.2) is 0 Å². The Morgan fingerprint density at radius 2 is 1.78 bits per heavy atom. The number of piperidine rings is 1. The Balaban J connectivity index is 1.50. The number of nitrogens with zero attached hydrogens (tertiary/aromatic N) is 5. The highest BCUT2D eigenvalue weighted by Gasteiger charge is 2.29. The lowest BCUT2D eigenvalue weighted by atomic mass is 9.97. The third kappa shape index (κ3) is 7.57. The molecule has 13 heteroatoms. The van der Waals surface area contributed by atoms with Crippen molar-refractivity contribution in [2.24, 2.45) is 11.6 Å². The van der Waals surface area contributed by atoms with Gasteiger partial charge in [0.1, 0.15) is 17.0 Å². The van der Waals surface area contributed by atoms with Crippen LogP contribution in [-0.4, -0.2) is 44.5 Å². The van der Waals surface area contributed by atoms with E-state index in [4.69, 9.17) is 46.4 Å². The van der Waals surface area contributed by atoms with Crippen molar-refractivity contribution in [2.75, 3.05) is 23.7 Å². The summed E-state index contributed by atoms with van der Waals surface area (Å²) in [5.41, 5.74) is 10.3. The van der Waals surface area contributed by atoms with Gasteiger partial charge < -0.3 is 21.4 Å². The van der Waals surface area contributed by atoms with E-state index in [1.54, 1.807) is 29.5 Å². The number of pyridine rings is 2.